The summed E-state index contributed by atoms with van der Waals surface area (Å²) in [6.45, 7) is 1.95. The van der Waals surface area contributed by atoms with Crippen LogP contribution in [0.1, 0.15) is 11.1 Å². The van der Waals surface area contributed by atoms with E-state index in [1.54, 1.807) is 18.2 Å². The van der Waals surface area contributed by atoms with E-state index < -0.39 is 0 Å². The molecule has 0 aliphatic carbocycles. The quantitative estimate of drug-likeness (QED) is 0.843. The van der Waals surface area contributed by atoms with E-state index in [4.69, 9.17) is 17.3 Å². The molecule has 0 saturated heterocycles. The third-order valence-corrected chi connectivity index (χ3v) is 2.97. The van der Waals surface area contributed by atoms with Crippen molar-refractivity contribution in [2.24, 2.45) is 0 Å². The molecule has 0 aliphatic heterocycles. The molecule has 0 unspecified atom stereocenters. The van der Waals surface area contributed by atoms with Crippen molar-refractivity contribution in [3.05, 3.63) is 58.6 Å². The number of benzene rings is 2. The number of aryl methyl sites for hydroxylation is 1. The molecule has 0 radical (unpaired) electrons. The predicted octanol–water partition coefficient (Wildman–Crippen LogP) is 3.41. The first-order valence-electron chi connectivity index (χ1n) is 5.95. The minimum absolute atomic E-state index is 0.112. The van der Waals surface area contributed by atoms with Crippen molar-refractivity contribution in [2.75, 3.05) is 11.1 Å². The largest absolute Gasteiger partial charge is 0.397 e. The van der Waals surface area contributed by atoms with Gasteiger partial charge in [0.2, 0.25) is 5.91 Å². The molecular formula is C15H15ClN2O. The fraction of sp³-hybridized carbons (Fsp3) is 0.133. The zero-order chi connectivity index (χ0) is 13.8. The predicted molar refractivity (Wildman–Crippen MR) is 79.4 cm³/mol. The summed E-state index contributed by atoms with van der Waals surface area (Å²) in [4.78, 5) is 11.9. The molecule has 98 valence electrons. The van der Waals surface area contributed by atoms with Crippen LogP contribution in [0.5, 0.6) is 0 Å². The lowest BCUT2D eigenvalue weighted by Crippen LogP contribution is -2.15. The molecule has 0 fully saturated rings. The Balaban J connectivity index is 2.07. The van der Waals surface area contributed by atoms with E-state index in [0.717, 1.165) is 11.1 Å². The van der Waals surface area contributed by atoms with E-state index in [0.29, 0.717) is 16.4 Å². The number of halogens is 1. The SMILES string of the molecule is Cc1ccc(N)c(NC(=O)Cc2cccc(Cl)c2)c1. The zero-order valence-electron chi connectivity index (χ0n) is 10.6. The van der Waals surface area contributed by atoms with Gasteiger partial charge in [0.05, 0.1) is 17.8 Å². The molecule has 1 amide bonds. The van der Waals surface area contributed by atoms with E-state index in [-0.39, 0.29) is 12.3 Å². The summed E-state index contributed by atoms with van der Waals surface area (Å²) >= 11 is 5.88. The third kappa shape index (κ3) is 3.73. The van der Waals surface area contributed by atoms with Crippen molar-refractivity contribution in [3.8, 4) is 0 Å². The molecular weight excluding hydrogens is 260 g/mol. The Morgan fingerprint density at radius 2 is 2.05 bits per heavy atom. The zero-order valence-corrected chi connectivity index (χ0v) is 11.4. The first-order valence-corrected chi connectivity index (χ1v) is 6.33. The first kappa shape index (κ1) is 13.4. The van der Waals surface area contributed by atoms with Crippen molar-refractivity contribution in [1.29, 1.82) is 0 Å². The molecule has 0 atom stereocenters. The van der Waals surface area contributed by atoms with Crippen LogP contribution >= 0.6 is 11.6 Å². The highest BCUT2D eigenvalue weighted by molar-refractivity contribution is 6.30. The Hall–Kier alpha value is -2.00. The second-order valence-electron chi connectivity index (χ2n) is 4.45. The highest BCUT2D eigenvalue weighted by Gasteiger charge is 2.07. The summed E-state index contributed by atoms with van der Waals surface area (Å²) in [6, 6.07) is 12.8. The van der Waals surface area contributed by atoms with Crippen LogP contribution in [0.25, 0.3) is 0 Å². The van der Waals surface area contributed by atoms with Crippen LogP contribution in [0, 0.1) is 6.92 Å². The van der Waals surface area contributed by atoms with E-state index in [1.807, 2.05) is 31.2 Å². The van der Waals surface area contributed by atoms with Gasteiger partial charge < -0.3 is 11.1 Å². The van der Waals surface area contributed by atoms with Gasteiger partial charge in [0.1, 0.15) is 0 Å². The molecule has 0 heterocycles. The maximum Gasteiger partial charge on any atom is 0.228 e. The number of hydrogen-bond donors (Lipinski definition) is 2. The van der Waals surface area contributed by atoms with Crippen molar-refractivity contribution < 1.29 is 4.79 Å². The van der Waals surface area contributed by atoms with Crippen LogP contribution in [-0.4, -0.2) is 5.91 Å². The number of carbonyl (C=O) groups excluding carboxylic acids is 1. The lowest BCUT2D eigenvalue weighted by molar-refractivity contribution is -0.115. The van der Waals surface area contributed by atoms with Crippen LogP contribution in [0.3, 0.4) is 0 Å². The number of nitrogens with two attached hydrogens (primary N) is 1. The fourth-order valence-electron chi connectivity index (χ4n) is 1.81. The standard InChI is InChI=1S/C15H15ClN2O/c1-10-5-6-13(17)14(7-10)18-15(19)9-11-3-2-4-12(16)8-11/h2-8H,9,17H2,1H3,(H,18,19). The minimum atomic E-state index is -0.112. The van der Waals surface area contributed by atoms with E-state index in [1.165, 1.54) is 0 Å². The molecule has 3 N–H and O–H groups in total. The molecule has 0 aliphatic rings. The van der Waals surface area contributed by atoms with Gasteiger partial charge in [-0.2, -0.15) is 0 Å². The summed E-state index contributed by atoms with van der Waals surface area (Å²) in [5.41, 5.74) is 8.94. The molecule has 2 aromatic carbocycles. The molecule has 2 rings (SSSR count). The molecule has 0 bridgehead atoms. The van der Waals surface area contributed by atoms with Gasteiger partial charge in [-0.25, -0.2) is 0 Å². The second kappa shape index (κ2) is 5.76. The maximum absolute atomic E-state index is 11.9. The van der Waals surface area contributed by atoms with Gasteiger partial charge in [0, 0.05) is 5.02 Å². The molecule has 0 aromatic heterocycles. The van der Waals surface area contributed by atoms with Crippen LogP contribution in [0.4, 0.5) is 11.4 Å². The molecule has 0 saturated carbocycles. The van der Waals surface area contributed by atoms with Gasteiger partial charge in [-0.1, -0.05) is 29.8 Å². The highest BCUT2D eigenvalue weighted by atomic mass is 35.5. The number of hydrogen-bond acceptors (Lipinski definition) is 2. The maximum atomic E-state index is 11.9. The smallest absolute Gasteiger partial charge is 0.228 e. The summed E-state index contributed by atoms with van der Waals surface area (Å²) in [7, 11) is 0. The number of nitrogens with one attached hydrogen (secondary N) is 1. The Morgan fingerprint density at radius 1 is 1.26 bits per heavy atom. The Kier molecular flexibility index (Phi) is 4.07. The Bertz CT molecular complexity index is 611. The van der Waals surface area contributed by atoms with E-state index in [9.17, 15) is 4.79 Å². The average molecular weight is 275 g/mol. The molecule has 4 heteroatoms. The number of rotatable bonds is 3. The first-order chi connectivity index (χ1) is 9.04. The van der Waals surface area contributed by atoms with Gasteiger partial charge in [0.25, 0.3) is 0 Å². The topological polar surface area (TPSA) is 55.1 Å². The van der Waals surface area contributed by atoms with Crippen molar-refractivity contribution >= 4 is 28.9 Å². The van der Waals surface area contributed by atoms with Gasteiger partial charge >= 0.3 is 0 Å². The molecule has 0 spiro atoms. The van der Waals surface area contributed by atoms with Crippen LogP contribution < -0.4 is 11.1 Å². The van der Waals surface area contributed by atoms with E-state index >= 15 is 0 Å². The number of nitrogen functional groups attached to an aromatic ring is 1. The van der Waals surface area contributed by atoms with Gasteiger partial charge in [-0.15, -0.1) is 0 Å². The summed E-state index contributed by atoms with van der Waals surface area (Å²) in [5.74, 6) is -0.112. The number of carbonyl (C=O) groups is 1. The molecule has 3 nitrogen and oxygen atoms in total. The summed E-state index contributed by atoms with van der Waals surface area (Å²) in [6.07, 6.45) is 0.272. The van der Waals surface area contributed by atoms with Crippen molar-refractivity contribution in [2.45, 2.75) is 13.3 Å². The number of anilines is 2. The van der Waals surface area contributed by atoms with Gasteiger partial charge in [-0.05, 0) is 42.3 Å². The molecule has 2 aromatic rings. The molecule has 19 heavy (non-hydrogen) atoms. The normalized spacial score (nSPS) is 10.2. The van der Waals surface area contributed by atoms with Gasteiger partial charge in [0.15, 0.2) is 0 Å². The highest BCUT2D eigenvalue weighted by Crippen LogP contribution is 2.20. The van der Waals surface area contributed by atoms with Crippen molar-refractivity contribution in [1.82, 2.24) is 0 Å². The summed E-state index contributed by atoms with van der Waals surface area (Å²) < 4.78 is 0. The number of amides is 1. The van der Waals surface area contributed by atoms with Crippen LogP contribution in [0.15, 0.2) is 42.5 Å². The lowest BCUT2D eigenvalue weighted by Gasteiger charge is -2.09. The lowest BCUT2D eigenvalue weighted by atomic mass is 10.1. The van der Waals surface area contributed by atoms with Crippen LogP contribution in [-0.2, 0) is 11.2 Å². The Labute approximate surface area is 117 Å². The van der Waals surface area contributed by atoms with Crippen LogP contribution in [0.2, 0.25) is 5.02 Å². The average Bonchev–Trinajstić information content (AvgIpc) is 2.34. The van der Waals surface area contributed by atoms with Crippen molar-refractivity contribution in [3.63, 3.8) is 0 Å². The summed E-state index contributed by atoms with van der Waals surface area (Å²) in [5, 5.41) is 3.44. The minimum Gasteiger partial charge on any atom is -0.397 e. The van der Waals surface area contributed by atoms with E-state index in [2.05, 4.69) is 5.32 Å². The second-order valence-corrected chi connectivity index (χ2v) is 4.88. The fourth-order valence-corrected chi connectivity index (χ4v) is 2.02. The third-order valence-electron chi connectivity index (χ3n) is 2.74. The monoisotopic (exact) mass is 274 g/mol. The Morgan fingerprint density at radius 3 is 2.79 bits per heavy atom. The van der Waals surface area contributed by atoms with Gasteiger partial charge in [-0.3, -0.25) is 4.79 Å².